The molecule has 47 heavy (non-hydrogen) atoms. The van der Waals surface area contributed by atoms with Crippen LogP contribution in [-0.4, -0.2) is 64.5 Å². The fourth-order valence-electron chi connectivity index (χ4n) is 4.71. The van der Waals surface area contributed by atoms with E-state index in [0.29, 0.717) is 11.4 Å². The zero-order valence-corrected chi connectivity index (χ0v) is 31.5. The van der Waals surface area contributed by atoms with E-state index in [9.17, 15) is 9.13 Å². The van der Waals surface area contributed by atoms with Gasteiger partial charge in [0.2, 0.25) is 0 Å². The number of halogens is 1. The highest BCUT2D eigenvalue weighted by Crippen LogP contribution is 2.40. The van der Waals surface area contributed by atoms with Crippen LogP contribution in [0.5, 0.6) is 0 Å². The van der Waals surface area contributed by atoms with Gasteiger partial charge in [-0.15, -0.1) is 0 Å². The summed E-state index contributed by atoms with van der Waals surface area (Å²) in [6.45, 7) is 17.0. The van der Waals surface area contributed by atoms with Gasteiger partial charge in [0.15, 0.2) is 0 Å². The molecule has 1 aliphatic heterocycles. The van der Waals surface area contributed by atoms with Crippen molar-refractivity contribution in [2.45, 2.75) is 60.7 Å². The van der Waals surface area contributed by atoms with E-state index in [1.807, 2.05) is 79.3 Å². The van der Waals surface area contributed by atoms with Gasteiger partial charge < -0.3 is 29.9 Å². The summed E-state index contributed by atoms with van der Waals surface area (Å²) in [6, 6.07) is 9.28. The lowest BCUT2D eigenvalue weighted by Gasteiger charge is -2.32. The lowest BCUT2D eigenvalue weighted by atomic mass is 9.82. The molecular weight excluding hydrogens is 697 g/mol. The molecule has 5 rings (SSSR count). The second kappa shape index (κ2) is 15.7. The third-order valence-electron chi connectivity index (χ3n) is 7.83. The molecule has 2 aromatic carbocycles. The summed E-state index contributed by atoms with van der Waals surface area (Å²) in [5.74, 6) is 0. The number of hydrogen-bond acceptors (Lipinski definition) is 8. The molecule has 0 bridgehead atoms. The Morgan fingerprint density at radius 1 is 0.787 bits per heavy atom. The van der Waals surface area contributed by atoms with Crippen molar-refractivity contribution in [3.63, 3.8) is 0 Å². The van der Waals surface area contributed by atoms with Crippen LogP contribution in [-0.2, 0) is 32.5 Å². The number of anilines is 2. The molecular formula is C33H54BBrN6O4P2. The van der Waals surface area contributed by atoms with Crippen LogP contribution >= 0.6 is 30.2 Å². The van der Waals surface area contributed by atoms with Crippen molar-refractivity contribution in [1.82, 2.24) is 19.6 Å². The van der Waals surface area contributed by atoms with Crippen LogP contribution < -0.4 is 27.5 Å². The number of nitrogens with two attached hydrogens (primary N) is 2. The van der Waals surface area contributed by atoms with Crippen molar-refractivity contribution in [2.24, 2.45) is 14.1 Å². The zero-order chi connectivity index (χ0) is 34.1. The molecule has 3 heterocycles. The summed E-state index contributed by atoms with van der Waals surface area (Å²) in [5, 5.41) is 9.77. The number of hydrogen-bond donors (Lipinski definition) is 2. The number of rotatable bonds is 4. The van der Waals surface area contributed by atoms with Crippen LogP contribution in [0.15, 0.2) is 59.6 Å². The predicted octanol–water partition coefficient (Wildman–Crippen LogP) is 6.50. The van der Waals surface area contributed by atoms with Crippen LogP contribution in [0.4, 0.5) is 11.4 Å². The Hall–Kier alpha value is -2.62. The van der Waals surface area contributed by atoms with Crippen molar-refractivity contribution in [3.8, 4) is 11.1 Å². The number of nitrogens with zero attached hydrogens (tertiary/aromatic N) is 4. The molecule has 0 atom stereocenters. The van der Waals surface area contributed by atoms with Gasteiger partial charge in [-0.1, -0.05) is 36.8 Å². The first-order chi connectivity index (χ1) is 20.5. The maximum Gasteiger partial charge on any atom is 0.498 e. The Bertz CT molecular complexity index is 1740. The van der Waals surface area contributed by atoms with Gasteiger partial charge in [-0.2, -0.15) is 10.2 Å². The first-order valence-corrected chi connectivity index (χ1v) is 20.4. The SMILES string of the molecule is C.C.Cc1c(Br)ccc(N)c1P(C)(C)=O.Cn1cc(-c2ccc(N)c(P(C)(C)=O)c2)cn1.Cn1cc(B2OC(C)(C)C(C)(C)O2)cn1. The molecule has 2 aromatic heterocycles. The fraction of sp³-hybridized carbons (Fsp3) is 0.455. The van der Waals surface area contributed by atoms with E-state index in [1.54, 1.807) is 60.5 Å². The number of aromatic nitrogens is 4. The Balaban J connectivity index is 0.000000348. The van der Waals surface area contributed by atoms with Gasteiger partial charge in [-0.05, 0) is 96.7 Å². The van der Waals surface area contributed by atoms with Crippen molar-refractivity contribution in [3.05, 3.63) is 65.2 Å². The van der Waals surface area contributed by atoms with Gasteiger partial charge in [-0.3, -0.25) is 9.36 Å². The molecule has 1 fully saturated rings. The van der Waals surface area contributed by atoms with E-state index >= 15 is 0 Å². The van der Waals surface area contributed by atoms with Gasteiger partial charge in [0.1, 0.15) is 14.3 Å². The fourth-order valence-corrected chi connectivity index (χ4v) is 7.97. The van der Waals surface area contributed by atoms with Gasteiger partial charge in [0, 0.05) is 70.2 Å². The highest BCUT2D eigenvalue weighted by molar-refractivity contribution is 9.10. The summed E-state index contributed by atoms with van der Waals surface area (Å²) in [6.07, 6.45) is 7.40. The van der Waals surface area contributed by atoms with Gasteiger partial charge in [-0.25, -0.2) is 0 Å². The van der Waals surface area contributed by atoms with Crippen LogP contribution in [0.1, 0.15) is 48.1 Å². The standard InChI is InChI=1S/C12H16N3OP.C10H17BN2O2.C9H13BrNOP.2CH4/c1-15-8-10(7-14-15)9-4-5-11(13)12(6-9)17(2,3)16;1-9(2)10(3,4)15-11(14-9)8-6-12-13(5)7-8;1-6-7(10)4-5-8(11)9(6)13(2,3)12;;/h4-8H,13H2,1-3H3;6-7H,1-5H3;4-5H,11H2,1-3H3;2*1H4. The summed E-state index contributed by atoms with van der Waals surface area (Å²) < 4.78 is 40.3. The van der Waals surface area contributed by atoms with E-state index < -0.39 is 14.3 Å². The minimum atomic E-state index is -2.35. The van der Waals surface area contributed by atoms with Crippen molar-refractivity contribution in [1.29, 1.82) is 0 Å². The Kier molecular flexibility index (Phi) is 14.2. The molecule has 0 spiro atoms. The second-order valence-electron chi connectivity index (χ2n) is 13.0. The molecule has 4 aromatic rings. The van der Waals surface area contributed by atoms with Gasteiger partial charge >= 0.3 is 7.12 Å². The average molecular weight is 751 g/mol. The summed E-state index contributed by atoms with van der Waals surface area (Å²) in [5.41, 5.74) is 16.2. The topological polar surface area (TPSA) is 140 Å². The summed E-state index contributed by atoms with van der Waals surface area (Å²) in [7, 11) is -1.17. The lowest BCUT2D eigenvalue weighted by Crippen LogP contribution is -2.41. The Morgan fingerprint density at radius 3 is 1.72 bits per heavy atom. The molecule has 14 heteroatoms. The predicted molar refractivity (Wildman–Crippen MR) is 207 cm³/mol. The highest BCUT2D eigenvalue weighted by atomic mass is 79.9. The van der Waals surface area contributed by atoms with Gasteiger partial charge in [0.25, 0.3) is 0 Å². The second-order valence-corrected chi connectivity index (χ2v) is 20.2. The molecule has 10 nitrogen and oxygen atoms in total. The van der Waals surface area contributed by atoms with E-state index in [-0.39, 0.29) is 33.2 Å². The molecule has 260 valence electrons. The maximum absolute atomic E-state index is 12.1. The Morgan fingerprint density at radius 2 is 1.30 bits per heavy atom. The largest absolute Gasteiger partial charge is 0.498 e. The molecule has 0 amide bonds. The van der Waals surface area contributed by atoms with Crippen LogP contribution in [0.25, 0.3) is 11.1 Å². The van der Waals surface area contributed by atoms with E-state index in [0.717, 1.165) is 37.2 Å². The quantitative estimate of drug-likeness (QED) is 0.137. The van der Waals surface area contributed by atoms with Gasteiger partial charge in [0.05, 0.1) is 17.4 Å². The first-order valence-electron chi connectivity index (χ1n) is 14.4. The molecule has 0 saturated carbocycles. The number of nitrogen functional groups attached to an aromatic ring is 2. The molecule has 0 radical (unpaired) electrons. The van der Waals surface area contributed by atoms with E-state index in [4.69, 9.17) is 20.8 Å². The monoisotopic (exact) mass is 750 g/mol. The molecule has 0 aliphatic carbocycles. The molecule has 1 saturated heterocycles. The van der Waals surface area contributed by atoms with Crippen LogP contribution in [0.3, 0.4) is 0 Å². The Labute approximate surface area is 291 Å². The lowest BCUT2D eigenvalue weighted by molar-refractivity contribution is 0.00578. The molecule has 1 aliphatic rings. The minimum Gasteiger partial charge on any atom is -0.399 e. The van der Waals surface area contributed by atoms with Crippen molar-refractivity contribution < 1.29 is 18.4 Å². The van der Waals surface area contributed by atoms with Crippen LogP contribution in [0, 0.1) is 6.92 Å². The third-order valence-corrected chi connectivity index (χ3v) is 11.9. The maximum atomic E-state index is 12.1. The average Bonchev–Trinajstić information content (AvgIpc) is 3.58. The van der Waals surface area contributed by atoms with E-state index in [1.165, 1.54) is 0 Å². The third kappa shape index (κ3) is 10.4. The van der Waals surface area contributed by atoms with E-state index in [2.05, 4.69) is 26.1 Å². The molecule has 4 N–H and O–H groups in total. The molecule has 0 unspecified atom stereocenters. The zero-order valence-electron chi connectivity index (χ0n) is 28.1. The first kappa shape index (κ1) is 42.4. The summed E-state index contributed by atoms with van der Waals surface area (Å²) >= 11 is 3.40. The smallest absolute Gasteiger partial charge is 0.399 e. The minimum absolute atomic E-state index is 0. The highest BCUT2D eigenvalue weighted by Gasteiger charge is 2.52. The number of aryl methyl sites for hydroxylation is 2. The summed E-state index contributed by atoms with van der Waals surface area (Å²) in [4.78, 5) is 0. The number of benzene rings is 2. The van der Waals surface area contributed by atoms with Crippen molar-refractivity contribution >= 4 is 64.8 Å². The van der Waals surface area contributed by atoms with Crippen LogP contribution in [0.2, 0.25) is 0 Å². The normalized spacial score (nSPS) is 14.9. The van der Waals surface area contributed by atoms with Crippen molar-refractivity contribution in [2.75, 3.05) is 38.1 Å².